The predicted molar refractivity (Wildman–Crippen MR) is 72.7 cm³/mol. The Balaban J connectivity index is 2.59. The second kappa shape index (κ2) is 5.99. The summed E-state index contributed by atoms with van der Waals surface area (Å²) in [6, 6.07) is -0.113. The van der Waals surface area contributed by atoms with Crippen LogP contribution in [-0.4, -0.2) is 37.9 Å². The highest BCUT2D eigenvalue weighted by molar-refractivity contribution is 7.84. The minimum Gasteiger partial charge on any atom is -0.396 e. The number of rotatable bonds is 5. The minimum atomic E-state index is -0.920. The summed E-state index contributed by atoms with van der Waals surface area (Å²) in [5.74, 6) is 0.295. The molecule has 2 unspecified atom stereocenters. The van der Waals surface area contributed by atoms with Gasteiger partial charge in [0.1, 0.15) is 6.54 Å². The first-order chi connectivity index (χ1) is 8.31. The van der Waals surface area contributed by atoms with Crippen molar-refractivity contribution < 1.29 is 9.00 Å². The molecule has 1 rings (SSSR count). The molecule has 0 bridgehead atoms. The van der Waals surface area contributed by atoms with Gasteiger partial charge in [0.05, 0.1) is 17.1 Å². The average Bonchev–Trinajstić information content (AvgIpc) is 2.44. The largest absolute Gasteiger partial charge is 0.396 e. The van der Waals surface area contributed by atoms with Crippen molar-refractivity contribution in [1.29, 1.82) is 0 Å². The lowest BCUT2D eigenvalue weighted by Crippen LogP contribution is -2.38. The van der Waals surface area contributed by atoms with E-state index in [4.69, 9.17) is 5.73 Å². The number of carbonyl (C=O) groups is 1. The zero-order chi connectivity index (χ0) is 13.9. The fourth-order valence-electron chi connectivity index (χ4n) is 1.71. The summed E-state index contributed by atoms with van der Waals surface area (Å²) in [7, 11) is -0.920. The number of hydrogen-bond acceptors (Lipinski definition) is 4. The van der Waals surface area contributed by atoms with Gasteiger partial charge in [0, 0.05) is 28.9 Å². The molecule has 3 N–H and O–H groups in total. The van der Waals surface area contributed by atoms with Crippen molar-refractivity contribution in [3.8, 4) is 0 Å². The van der Waals surface area contributed by atoms with Gasteiger partial charge in [-0.2, -0.15) is 5.10 Å². The molecule has 7 heteroatoms. The third-order valence-corrected chi connectivity index (χ3v) is 3.59. The molecule has 0 saturated heterocycles. The number of nitrogens with one attached hydrogen (secondary N) is 1. The lowest BCUT2D eigenvalue weighted by Gasteiger charge is -2.12. The first-order valence-corrected chi connectivity index (χ1v) is 7.42. The summed E-state index contributed by atoms with van der Waals surface area (Å²) in [6.45, 7) is 5.59. The highest BCUT2D eigenvalue weighted by Gasteiger charge is 2.13. The van der Waals surface area contributed by atoms with E-state index < -0.39 is 10.8 Å². The molecule has 1 amide bonds. The topological polar surface area (TPSA) is 90.0 Å². The van der Waals surface area contributed by atoms with E-state index in [0.717, 1.165) is 11.4 Å². The molecule has 0 spiro atoms. The predicted octanol–water partition coefficient (Wildman–Crippen LogP) is -0.0347. The van der Waals surface area contributed by atoms with Crippen molar-refractivity contribution in [2.24, 2.45) is 0 Å². The van der Waals surface area contributed by atoms with Crippen LogP contribution in [0.1, 0.15) is 18.3 Å². The molecule has 0 aromatic carbocycles. The summed E-state index contributed by atoms with van der Waals surface area (Å²) in [4.78, 5) is 11.8. The molecule has 102 valence electrons. The van der Waals surface area contributed by atoms with E-state index in [1.165, 1.54) is 0 Å². The summed E-state index contributed by atoms with van der Waals surface area (Å²) < 4.78 is 12.6. The van der Waals surface area contributed by atoms with Gasteiger partial charge in [-0.25, -0.2) is 0 Å². The maximum Gasteiger partial charge on any atom is 0.241 e. The van der Waals surface area contributed by atoms with Crippen LogP contribution in [0.4, 0.5) is 5.69 Å². The molecule has 1 heterocycles. The zero-order valence-electron chi connectivity index (χ0n) is 11.2. The van der Waals surface area contributed by atoms with Crippen LogP contribution in [-0.2, 0) is 22.1 Å². The fraction of sp³-hybridized carbons (Fsp3) is 0.636. The summed E-state index contributed by atoms with van der Waals surface area (Å²) in [5, 5.41) is 6.97. The molecule has 18 heavy (non-hydrogen) atoms. The van der Waals surface area contributed by atoms with E-state index in [0.29, 0.717) is 11.4 Å². The molecule has 6 nitrogen and oxygen atoms in total. The van der Waals surface area contributed by atoms with Crippen molar-refractivity contribution in [3.63, 3.8) is 0 Å². The van der Waals surface area contributed by atoms with Crippen LogP contribution in [0.5, 0.6) is 0 Å². The summed E-state index contributed by atoms with van der Waals surface area (Å²) in [6.07, 6.45) is 1.62. The Morgan fingerprint density at radius 3 is 2.61 bits per heavy atom. The second-order valence-electron chi connectivity index (χ2n) is 4.45. The zero-order valence-corrected chi connectivity index (χ0v) is 12.0. The summed E-state index contributed by atoms with van der Waals surface area (Å²) >= 11 is 0. The van der Waals surface area contributed by atoms with Crippen molar-refractivity contribution in [3.05, 3.63) is 11.4 Å². The highest BCUT2D eigenvalue weighted by Crippen LogP contribution is 2.14. The van der Waals surface area contributed by atoms with Gasteiger partial charge in [0.25, 0.3) is 0 Å². The standard InChI is InChI=1S/C11H20N4O2S/c1-7(6-18(4)17)13-10(16)5-15-9(3)11(12)8(2)14-15/h7H,5-6,12H2,1-4H3,(H,13,16). The number of aromatic nitrogens is 2. The molecular formula is C11H20N4O2S. The Bertz CT molecular complexity index is 470. The van der Waals surface area contributed by atoms with Gasteiger partial charge in [-0.15, -0.1) is 0 Å². The average molecular weight is 272 g/mol. The van der Waals surface area contributed by atoms with Gasteiger partial charge in [-0.1, -0.05) is 0 Å². The molecule has 0 aliphatic rings. The molecule has 0 fully saturated rings. The molecule has 1 aromatic rings. The van der Waals surface area contributed by atoms with Gasteiger partial charge in [-0.3, -0.25) is 13.7 Å². The van der Waals surface area contributed by atoms with Gasteiger partial charge in [0.15, 0.2) is 0 Å². The molecule has 0 radical (unpaired) electrons. The number of aryl methyl sites for hydroxylation is 1. The third kappa shape index (κ3) is 3.83. The Kier molecular flexibility index (Phi) is 4.89. The quantitative estimate of drug-likeness (QED) is 0.787. The van der Waals surface area contributed by atoms with Crippen LogP contribution in [0.2, 0.25) is 0 Å². The van der Waals surface area contributed by atoms with Crippen molar-refractivity contribution in [2.45, 2.75) is 33.4 Å². The SMILES string of the molecule is Cc1nn(CC(=O)NC(C)CS(C)=O)c(C)c1N. The van der Waals surface area contributed by atoms with E-state index in [9.17, 15) is 9.00 Å². The van der Waals surface area contributed by atoms with Crippen LogP contribution in [0.25, 0.3) is 0 Å². The summed E-state index contributed by atoms with van der Waals surface area (Å²) in [5.41, 5.74) is 7.92. The van der Waals surface area contributed by atoms with Crippen molar-refractivity contribution >= 4 is 22.4 Å². The third-order valence-electron chi connectivity index (χ3n) is 2.62. The van der Waals surface area contributed by atoms with Gasteiger partial charge >= 0.3 is 0 Å². The molecule has 0 aliphatic heterocycles. The normalized spacial score (nSPS) is 14.2. The molecule has 2 atom stereocenters. The van der Waals surface area contributed by atoms with Crippen LogP contribution >= 0.6 is 0 Å². The number of amides is 1. The smallest absolute Gasteiger partial charge is 0.241 e. The second-order valence-corrected chi connectivity index (χ2v) is 5.93. The fourth-order valence-corrected chi connectivity index (χ4v) is 2.50. The lowest BCUT2D eigenvalue weighted by molar-refractivity contribution is -0.122. The van der Waals surface area contributed by atoms with E-state index in [1.54, 1.807) is 17.9 Å². The monoisotopic (exact) mass is 272 g/mol. The minimum absolute atomic E-state index is 0.113. The van der Waals surface area contributed by atoms with E-state index >= 15 is 0 Å². The van der Waals surface area contributed by atoms with Gasteiger partial charge < -0.3 is 11.1 Å². The number of anilines is 1. The Labute approximate surface area is 109 Å². The number of nitrogens with zero attached hydrogens (tertiary/aromatic N) is 2. The molecule has 0 aliphatic carbocycles. The van der Waals surface area contributed by atoms with Crippen molar-refractivity contribution in [2.75, 3.05) is 17.7 Å². The van der Waals surface area contributed by atoms with E-state index in [-0.39, 0.29) is 18.5 Å². The highest BCUT2D eigenvalue weighted by atomic mass is 32.2. The van der Waals surface area contributed by atoms with E-state index in [1.807, 2.05) is 13.8 Å². The number of hydrogen-bond donors (Lipinski definition) is 2. The number of nitrogen functional groups attached to an aromatic ring is 1. The van der Waals surface area contributed by atoms with Crippen LogP contribution in [0.15, 0.2) is 0 Å². The number of carbonyl (C=O) groups excluding carboxylic acids is 1. The molecular weight excluding hydrogens is 252 g/mol. The maximum atomic E-state index is 11.8. The Hall–Kier alpha value is -1.37. The van der Waals surface area contributed by atoms with Crippen LogP contribution < -0.4 is 11.1 Å². The Morgan fingerprint density at radius 2 is 2.17 bits per heavy atom. The lowest BCUT2D eigenvalue weighted by atomic mass is 10.3. The maximum absolute atomic E-state index is 11.8. The van der Waals surface area contributed by atoms with Crippen LogP contribution in [0.3, 0.4) is 0 Å². The molecule has 1 aromatic heterocycles. The number of nitrogens with two attached hydrogens (primary N) is 1. The first kappa shape index (κ1) is 14.7. The Morgan fingerprint density at radius 1 is 1.56 bits per heavy atom. The van der Waals surface area contributed by atoms with Crippen molar-refractivity contribution in [1.82, 2.24) is 15.1 Å². The first-order valence-electron chi connectivity index (χ1n) is 5.70. The molecule has 0 saturated carbocycles. The van der Waals surface area contributed by atoms with Gasteiger partial charge in [0.2, 0.25) is 5.91 Å². The van der Waals surface area contributed by atoms with E-state index in [2.05, 4.69) is 10.4 Å². The van der Waals surface area contributed by atoms with Crippen LogP contribution in [0, 0.1) is 13.8 Å². The van der Waals surface area contributed by atoms with Gasteiger partial charge in [-0.05, 0) is 20.8 Å².